The molecule has 0 saturated carbocycles. The fourth-order valence-corrected chi connectivity index (χ4v) is 2.75. The molecule has 0 saturated heterocycles. The van der Waals surface area contributed by atoms with Gasteiger partial charge in [0.25, 0.3) is 0 Å². The van der Waals surface area contributed by atoms with Crippen molar-refractivity contribution in [2.24, 2.45) is 0 Å². The summed E-state index contributed by atoms with van der Waals surface area (Å²) in [5.41, 5.74) is 2.11. The van der Waals surface area contributed by atoms with Crippen LogP contribution in [0.1, 0.15) is 17.2 Å². The number of rotatable bonds is 3. The molecule has 2 aromatic carbocycles. The minimum absolute atomic E-state index is 0.0219. The zero-order valence-electron chi connectivity index (χ0n) is 9.75. The van der Waals surface area contributed by atoms with Crippen LogP contribution in [0.5, 0.6) is 0 Å². The third kappa shape index (κ3) is 2.89. The van der Waals surface area contributed by atoms with E-state index in [2.05, 4.69) is 21.2 Å². The number of benzene rings is 2. The summed E-state index contributed by atoms with van der Waals surface area (Å²) in [6.45, 7) is 0. The molecule has 94 valence electrons. The first-order chi connectivity index (χ1) is 8.63. The Morgan fingerprint density at radius 1 is 1.11 bits per heavy atom. The van der Waals surface area contributed by atoms with Gasteiger partial charge in [0.05, 0.1) is 11.1 Å². The number of hydrogen-bond donors (Lipinski definition) is 1. The van der Waals surface area contributed by atoms with Crippen LogP contribution in [-0.4, -0.2) is 7.05 Å². The molecule has 18 heavy (non-hydrogen) atoms. The molecule has 2 rings (SSSR count). The maximum atomic E-state index is 6.34. The highest BCUT2D eigenvalue weighted by molar-refractivity contribution is 9.10. The highest BCUT2D eigenvalue weighted by Crippen LogP contribution is 2.33. The van der Waals surface area contributed by atoms with Crippen LogP contribution < -0.4 is 5.32 Å². The molecule has 1 atom stereocenters. The lowest BCUT2D eigenvalue weighted by Crippen LogP contribution is -2.18. The first kappa shape index (κ1) is 13.9. The molecule has 1 nitrogen and oxygen atoms in total. The van der Waals surface area contributed by atoms with Crippen molar-refractivity contribution < 1.29 is 0 Å². The quantitative estimate of drug-likeness (QED) is 0.820. The predicted octanol–water partition coefficient (Wildman–Crippen LogP) is 5.06. The average Bonchev–Trinajstić information content (AvgIpc) is 2.35. The van der Waals surface area contributed by atoms with E-state index in [9.17, 15) is 0 Å². The predicted molar refractivity (Wildman–Crippen MR) is 81.5 cm³/mol. The second-order valence-corrected chi connectivity index (χ2v) is 5.59. The summed E-state index contributed by atoms with van der Waals surface area (Å²) in [7, 11) is 1.91. The van der Waals surface area contributed by atoms with Crippen LogP contribution in [0, 0.1) is 0 Å². The number of nitrogens with one attached hydrogen (secondary N) is 1. The lowest BCUT2D eigenvalue weighted by atomic mass is 9.99. The first-order valence-corrected chi connectivity index (χ1v) is 7.05. The zero-order chi connectivity index (χ0) is 13.1. The molecule has 4 heteroatoms. The summed E-state index contributed by atoms with van der Waals surface area (Å²) in [4.78, 5) is 0. The van der Waals surface area contributed by atoms with E-state index in [1.807, 2.05) is 49.5 Å². The third-order valence-corrected chi connectivity index (χ3v) is 4.31. The van der Waals surface area contributed by atoms with Crippen molar-refractivity contribution in [1.82, 2.24) is 5.32 Å². The molecule has 0 spiro atoms. The summed E-state index contributed by atoms with van der Waals surface area (Å²) in [5.74, 6) is 0. The third-order valence-electron chi connectivity index (χ3n) is 2.76. The van der Waals surface area contributed by atoms with Crippen LogP contribution in [0.3, 0.4) is 0 Å². The van der Waals surface area contributed by atoms with Gasteiger partial charge in [0.1, 0.15) is 0 Å². The molecule has 0 aliphatic heterocycles. The van der Waals surface area contributed by atoms with E-state index in [-0.39, 0.29) is 6.04 Å². The van der Waals surface area contributed by atoms with Gasteiger partial charge in [-0.3, -0.25) is 0 Å². The Balaban J connectivity index is 2.49. The van der Waals surface area contributed by atoms with E-state index >= 15 is 0 Å². The first-order valence-electron chi connectivity index (χ1n) is 5.50. The fourth-order valence-electron chi connectivity index (χ4n) is 1.93. The van der Waals surface area contributed by atoms with Crippen molar-refractivity contribution in [3.63, 3.8) is 0 Å². The Labute approximate surface area is 125 Å². The van der Waals surface area contributed by atoms with Crippen LogP contribution >= 0.6 is 39.1 Å². The molecular weight excluding hydrogens is 333 g/mol. The average molecular weight is 345 g/mol. The fraction of sp³-hybridized carbons (Fsp3) is 0.143. The molecule has 0 aliphatic carbocycles. The maximum absolute atomic E-state index is 6.34. The molecule has 0 aromatic heterocycles. The lowest BCUT2D eigenvalue weighted by Gasteiger charge is -2.19. The van der Waals surface area contributed by atoms with Gasteiger partial charge in [-0.2, -0.15) is 0 Å². The summed E-state index contributed by atoms with van der Waals surface area (Å²) < 4.78 is 0.893. The van der Waals surface area contributed by atoms with Gasteiger partial charge in [-0.05, 0) is 52.3 Å². The van der Waals surface area contributed by atoms with Crippen molar-refractivity contribution in [3.05, 3.63) is 68.1 Å². The van der Waals surface area contributed by atoms with E-state index in [0.717, 1.165) is 25.6 Å². The van der Waals surface area contributed by atoms with E-state index in [1.165, 1.54) is 0 Å². The highest BCUT2D eigenvalue weighted by atomic mass is 79.9. The van der Waals surface area contributed by atoms with E-state index in [4.69, 9.17) is 23.2 Å². The summed E-state index contributed by atoms with van der Waals surface area (Å²) in [6.07, 6.45) is 0. The van der Waals surface area contributed by atoms with Crippen molar-refractivity contribution in [2.45, 2.75) is 6.04 Å². The molecule has 0 aliphatic rings. The van der Waals surface area contributed by atoms with Gasteiger partial charge in [-0.1, -0.05) is 47.5 Å². The summed E-state index contributed by atoms with van der Waals surface area (Å²) in [6, 6.07) is 13.7. The van der Waals surface area contributed by atoms with Crippen LogP contribution in [-0.2, 0) is 0 Å². The van der Waals surface area contributed by atoms with Crippen molar-refractivity contribution >= 4 is 39.1 Å². The van der Waals surface area contributed by atoms with Gasteiger partial charge < -0.3 is 5.32 Å². The molecule has 0 amide bonds. The SMILES string of the molecule is CNC(c1cccc(Cl)c1)c1cccc(Br)c1Cl. The molecule has 1 N–H and O–H groups in total. The van der Waals surface area contributed by atoms with E-state index in [0.29, 0.717) is 0 Å². The zero-order valence-corrected chi connectivity index (χ0v) is 12.9. The second-order valence-electron chi connectivity index (χ2n) is 3.92. The summed E-state index contributed by atoms with van der Waals surface area (Å²) >= 11 is 15.8. The van der Waals surface area contributed by atoms with Crippen molar-refractivity contribution in [1.29, 1.82) is 0 Å². The largest absolute Gasteiger partial charge is 0.309 e. The number of hydrogen-bond acceptors (Lipinski definition) is 1. The minimum atomic E-state index is 0.0219. The van der Waals surface area contributed by atoms with Gasteiger partial charge in [0.2, 0.25) is 0 Å². The smallest absolute Gasteiger partial charge is 0.0599 e. The Morgan fingerprint density at radius 2 is 1.83 bits per heavy atom. The Bertz CT molecular complexity index is 557. The normalized spacial score (nSPS) is 12.4. The monoisotopic (exact) mass is 343 g/mol. The molecular formula is C14H12BrCl2N. The molecule has 0 fully saturated rings. The molecule has 2 aromatic rings. The van der Waals surface area contributed by atoms with Gasteiger partial charge in [0.15, 0.2) is 0 Å². The van der Waals surface area contributed by atoms with Gasteiger partial charge >= 0.3 is 0 Å². The van der Waals surface area contributed by atoms with Crippen LogP contribution in [0.4, 0.5) is 0 Å². The molecule has 0 bridgehead atoms. The van der Waals surface area contributed by atoms with Gasteiger partial charge in [-0.15, -0.1) is 0 Å². The Kier molecular flexibility index (Phi) is 4.68. The highest BCUT2D eigenvalue weighted by Gasteiger charge is 2.16. The van der Waals surface area contributed by atoms with Gasteiger partial charge in [-0.25, -0.2) is 0 Å². The van der Waals surface area contributed by atoms with E-state index < -0.39 is 0 Å². The lowest BCUT2D eigenvalue weighted by molar-refractivity contribution is 0.692. The number of halogens is 3. The maximum Gasteiger partial charge on any atom is 0.0599 e. The topological polar surface area (TPSA) is 12.0 Å². The second kappa shape index (κ2) is 6.07. The van der Waals surface area contributed by atoms with Gasteiger partial charge in [0, 0.05) is 9.50 Å². The molecule has 0 radical (unpaired) electrons. The Hall–Kier alpha value is -0.540. The minimum Gasteiger partial charge on any atom is -0.309 e. The van der Waals surface area contributed by atoms with Crippen LogP contribution in [0.15, 0.2) is 46.9 Å². The summed E-state index contributed by atoms with van der Waals surface area (Å²) in [5, 5.41) is 4.71. The van der Waals surface area contributed by atoms with Crippen LogP contribution in [0.25, 0.3) is 0 Å². The van der Waals surface area contributed by atoms with E-state index in [1.54, 1.807) is 0 Å². The van der Waals surface area contributed by atoms with Crippen molar-refractivity contribution in [3.8, 4) is 0 Å². The standard InChI is InChI=1S/C14H12BrCl2N/c1-18-14(9-4-2-5-10(16)8-9)11-6-3-7-12(15)13(11)17/h2-8,14,18H,1H3. The Morgan fingerprint density at radius 3 is 2.50 bits per heavy atom. The van der Waals surface area contributed by atoms with Crippen molar-refractivity contribution in [2.75, 3.05) is 7.05 Å². The van der Waals surface area contributed by atoms with Crippen LogP contribution in [0.2, 0.25) is 10.0 Å². The molecule has 0 heterocycles. The molecule has 1 unspecified atom stereocenters.